The van der Waals surface area contributed by atoms with Gasteiger partial charge in [-0.05, 0) is 44.5 Å². The molecule has 0 aliphatic carbocycles. The minimum Gasteiger partial charge on any atom is -0.452 e. The van der Waals surface area contributed by atoms with Gasteiger partial charge in [-0.15, -0.1) is 0 Å². The van der Waals surface area contributed by atoms with Crippen LogP contribution in [0.5, 0.6) is 0 Å². The minimum absolute atomic E-state index is 0.377. The number of hydrogen-bond donors (Lipinski definition) is 2. The smallest absolute Gasteiger partial charge is 0.340 e. The molecule has 0 saturated carbocycles. The maximum atomic E-state index is 12.5. The molecule has 0 aliphatic heterocycles. The lowest BCUT2D eigenvalue weighted by molar-refractivity contribution is -0.119. The minimum atomic E-state index is -0.539. The van der Waals surface area contributed by atoms with Crippen LogP contribution < -0.4 is 10.6 Å². The number of aromatic nitrogens is 2. The van der Waals surface area contributed by atoms with Gasteiger partial charge in [-0.3, -0.25) is 4.79 Å². The molecule has 1 amide bonds. The lowest BCUT2D eigenvalue weighted by Gasteiger charge is -2.12. The summed E-state index contributed by atoms with van der Waals surface area (Å²) in [7, 11) is 0. The molecule has 0 fully saturated rings. The predicted molar refractivity (Wildman–Crippen MR) is 122 cm³/mol. The van der Waals surface area contributed by atoms with E-state index in [0.29, 0.717) is 22.6 Å². The van der Waals surface area contributed by atoms with Gasteiger partial charge in [-0.25, -0.2) is 9.48 Å². The Morgan fingerprint density at radius 1 is 1.03 bits per heavy atom. The monoisotopic (exact) mass is 420 g/mol. The first kappa shape index (κ1) is 22.1. The lowest BCUT2D eigenvalue weighted by atomic mass is 10.1. The van der Waals surface area contributed by atoms with E-state index in [1.807, 2.05) is 56.3 Å². The van der Waals surface area contributed by atoms with E-state index in [-0.39, 0.29) is 6.61 Å². The molecule has 2 aromatic carbocycles. The van der Waals surface area contributed by atoms with E-state index in [2.05, 4.69) is 22.7 Å². The van der Waals surface area contributed by atoms with Crippen molar-refractivity contribution in [3.8, 4) is 5.69 Å². The van der Waals surface area contributed by atoms with Crippen LogP contribution in [0.15, 0.2) is 54.6 Å². The highest BCUT2D eigenvalue weighted by atomic mass is 16.5. The standard InChI is InChI=1S/C24H28N4O3/c1-4-5-15-25-21-14-10-9-13-20(21)24(30)31-16-22(29)26-23-17(2)27-28(18(23)3)19-11-7-6-8-12-19/h6-14,25H,4-5,15-16H2,1-3H3,(H,26,29). The van der Waals surface area contributed by atoms with Gasteiger partial charge in [0.2, 0.25) is 0 Å². The largest absolute Gasteiger partial charge is 0.452 e. The molecule has 0 unspecified atom stereocenters. The number of aryl methyl sites for hydroxylation is 1. The number of carbonyl (C=O) groups excluding carboxylic acids is 2. The molecule has 0 spiro atoms. The summed E-state index contributed by atoms with van der Waals surface area (Å²) in [5.41, 5.74) is 4.13. The van der Waals surface area contributed by atoms with Gasteiger partial charge < -0.3 is 15.4 Å². The molecule has 0 radical (unpaired) electrons. The highest BCUT2D eigenvalue weighted by Crippen LogP contribution is 2.23. The van der Waals surface area contributed by atoms with Gasteiger partial charge in [-0.2, -0.15) is 5.10 Å². The molecule has 162 valence electrons. The van der Waals surface area contributed by atoms with Gasteiger partial charge in [0.1, 0.15) is 0 Å². The number of ether oxygens (including phenoxy) is 1. The zero-order valence-electron chi connectivity index (χ0n) is 18.1. The molecule has 1 aromatic heterocycles. The fraction of sp³-hybridized carbons (Fsp3) is 0.292. The first-order valence-corrected chi connectivity index (χ1v) is 10.4. The van der Waals surface area contributed by atoms with E-state index in [1.54, 1.807) is 16.8 Å². The quantitative estimate of drug-likeness (QED) is 0.393. The zero-order chi connectivity index (χ0) is 22.2. The topological polar surface area (TPSA) is 85.2 Å². The number of rotatable bonds is 9. The molecule has 7 heteroatoms. The van der Waals surface area contributed by atoms with Crippen molar-refractivity contribution in [3.05, 3.63) is 71.5 Å². The Morgan fingerprint density at radius 2 is 1.74 bits per heavy atom. The molecule has 0 bridgehead atoms. The van der Waals surface area contributed by atoms with Crippen molar-refractivity contribution in [2.24, 2.45) is 0 Å². The highest BCUT2D eigenvalue weighted by Gasteiger charge is 2.18. The average molecular weight is 421 g/mol. The SMILES string of the molecule is CCCCNc1ccccc1C(=O)OCC(=O)Nc1c(C)nn(-c2ccccc2)c1C. The number of nitrogens with zero attached hydrogens (tertiary/aromatic N) is 2. The molecule has 1 heterocycles. The molecular weight excluding hydrogens is 392 g/mol. The van der Waals surface area contributed by atoms with Gasteiger partial charge in [0.15, 0.2) is 6.61 Å². The Balaban J connectivity index is 1.63. The lowest BCUT2D eigenvalue weighted by Crippen LogP contribution is -2.22. The normalized spacial score (nSPS) is 10.5. The molecule has 0 saturated heterocycles. The molecule has 0 aliphatic rings. The number of esters is 1. The Hall–Kier alpha value is -3.61. The summed E-state index contributed by atoms with van der Waals surface area (Å²) < 4.78 is 7.04. The molecule has 2 N–H and O–H groups in total. The summed E-state index contributed by atoms with van der Waals surface area (Å²) >= 11 is 0. The van der Waals surface area contributed by atoms with Crippen LogP contribution in [0.4, 0.5) is 11.4 Å². The second kappa shape index (κ2) is 10.4. The van der Waals surface area contributed by atoms with Gasteiger partial charge in [0.05, 0.1) is 28.3 Å². The number of carbonyl (C=O) groups is 2. The van der Waals surface area contributed by atoms with Crippen LogP contribution in [0.1, 0.15) is 41.5 Å². The van der Waals surface area contributed by atoms with Gasteiger partial charge in [0, 0.05) is 12.2 Å². The Kier molecular flexibility index (Phi) is 7.43. The van der Waals surface area contributed by atoms with E-state index in [1.165, 1.54) is 0 Å². The molecular formula is C24H28N4O3. The van der Waals surface area contributed by atoms with Crippen LogP contribution >= 0.6 is 0 Å². The van der Waals surface area contributed by atoms with Crippen LogP contribution in [0.2, 0.25) is 0 Å². The second-order valence-corrected chi connectivity index (χ2v) is 7.24. The third-order valence-corrected chi connectivity index (χ3v) is 4.88. The zero-order valence-corrected chi connectivity index (χ0v) is 18.1. The summed E-state index contributed by atoms with van der Waals surface area (Å²) in [5.74, 6) is -0.952. The number of nitrogens with one attached hydrogen (secondary N) is 2. The van der Waals surface area contributed by atoms with Crippen molar-refractivity contribution in [3.63, 3.8) is 0 Å². The summed E-state index contributed by atoms with van der Waals surface area (Å²) in [5, 5.41) is 10.6. The maximum absolute atomic E-state index is 12.5. The number of anilines is 2. The second-order valence-electron chi connectivity index (χ2n) is 7.24. The number of amides is 1. The number of para-hydroxylation sites is 2. The highest BCUT2D eigenvalue weighted by molar-refractivity contribution is 5.98. The first-order chi connectivity index (χ1) is 15.0. The van der Waals surface area contributed by atoms with Crippen LogP contribution in [-0.4, -0.2) is 34.8 Å². The summed E-state index contributed by atoms with van der Waals surface area (Å²) in [4.78, 5) is 25.0. The van der Waals surface area contributed by atoms with Crippen molar-refractivity contribution >= 4 is 23.3 Å². The van der Waals surface area contributed by atoms with Gasteiger partial charge in [0.25, 0.3) is 5.91 Å². The summed E-state index contributed by atoms with van der Waals surface area (Å²) in [6, 6.07) is 16.8. The van der Waals surface area contributed by atoms with E-state index in [9.17, 15) is 9.59 Å². The van der Waals surface area contributed by atoms with Crippen molar-refractivity contribution in [1.82, 2.24) is 9.78 Å². The molecule has 3 aromatic rings. The average Bonchev–Trinajstić information content (AvgIpc) is 3.07. The van der Waals surface area contributed by atoms with Gasteiger partial charge >= 0.3 is 5.97 Å². The van der Waals surface area contributed by atoms with E-state index < -0.39 is 11.9 Å². The predicted octanol–water partition coefficient (Wildman–Crippen LogP) is 4.50. The third-order valence-electron chi connectivity index (χ3n) is 4.88. The van der Waals surface area contributed by atoms with Crippen molar-refractivity contribution in [2.75, 3.05) is 23.8 Å². The van der Waals surface area contributed by atoms with Crippen molar-refractivity contribution in [2.45, 2.75) is 33.6 Å². The Labute approximate surface area is 182 Å². The van der Waals surface area contributed by atoms with Crippen LogP contribution in [0.3, 0.4) is 0 Å². The van der Waals surface area contributed by atoms with Crippen LogP contribution in [-0.2, 0) is 9.53 Å². The summed E-state index contributed by atoms with van der Waals surface area (Å²) in [6.07, 6.45) is 2.06. The first-order valence-electron chi connectivity index (χ1n) is 10.4. The number of hydrogen-bond acceptors (Lipinski definition) is 5. The van der Waals surface area contributed by atoms with Crippen molar-refractivity contribution in [1.29, 1.82) is 0 Å². The molecule has 3 rings (SSSR count). The molecule has 31 heavy (non-hydrogen) atoms. The van der Waals surface area contributed by atoms with Gasteiger partial charge in [-0.1, -0.05) is 43.7 Å². The number of unbranched alkanes of at least 4 members (excludes halogenated alkanes) is 1. The fourth-order valence-electron chi connectivity index (χ4n) is 3.24. The number of benzene rings is 2. The molecule has 0 atom stereocenters. The molecule has 7 nitrogen and oxygen atoms in total. The van der Waals surface area contributed by atoms with E-state index >= 15 is 0 Å². The Bertz CT molecular complexity index is 1040. The Morgan fingerprint density at radius 3 is 2.48 bits per heavy atom. The fourth-order valence-corrected chi connectivity index (χ4v) is 3.24. The van der Waals surface area contributed by atoms with E-state index in [0.717, 1.165) is 30.8 Å². The van der Waals surface area contributed by atoms with E-state index in [4.69, 9.17) is 4.74 Å². The third kappa shape index (κ3) is 5.51. The van der Waals surface area contributed by atoms with Crippen molar-refractivity contribution < 1.29 is 14.3 Å². The summed E-state index contributed by atoms with van der Waals surface area (Å²) in [6.45, 7) is 6.20. The van der Waals surface area contributed by atoms with Crippen LogP contribution in [0, 0.1) is 13.8 Å². The maximum Gasteiger partial charge on any atom is 0.340 e. The van der Waals surface area contributed by atoms with Crippen LogP contribution in [0.25, 0.3) is 5.69 Å².